The van der Waals surface area contributed by atoms with Crippen LogP contribution in [0, 0.1) is 17.7 Å². The van der Waals surface area contributed by atoms with Gasteiger partial charge in [-0.2, -0.15) is 4.98 Å². The lowest BCUT2D eigenvalue weighted by atomic mass is 9.50. The van der Waals surface area contributed by atoms with Crippen LogP contribution in [0.15, 0.2) is 42.5 Å². The Bertz CT molecular complexity index is 1170. The van der Waals surface area contributed by atoms with Gasteiger partial charge in [-0.1, -0.05) is 12.1 Å². The van der Waals surface area contributed by atoms with Gasteiger partial charge in [0.05, 0.1) is 0 Å². The van der Waals surface area contributed by atoms with Crippen LogP contribution in [0.25, 0.3) is 0 Å². The molecule has 4 bridgehead atoms. The summed E-state index contributed by atoms with van der Waals surface area (Å²) in [7, 11) is 6.08. The maximum absolute atomic E-state index is 13.7. The van der Waals surface area contributed by atoms with E-state index < -0.39 is 23.0 Å². The van der Waals surface area contributed by atoms with Crippen LogP contribution in [0.2, 0.25) is 0 Å². The molecule has 4 aliphatic carbocycles. The summed E-state index contributed by atoms with van der Waals surface area (Å²) in [6, 6.07) is 11.2. The predicted octanol–water partition coefficient (Wildman–Crippen LogP) is 4.22. The number of halogens is 1. The molecule has 38 heavy (non-hydrogen) atoms. The molecule has 0 aliphatic heterocycles. The number of amides is 2. The molecule has 4 saturated carbocycles. The molecule has 2 unspecified atom stereocenters. The Morgan fingerprint density at radius 3 is 2.37 bits per heavy atom. The van der Waals surface area contributed by atoms with E-state index in [1.54, 1.807) is 18.2 Å². The van der Waals surface area contributed by atoms with Crippen molar-refractivity contribution in [3.05, 3.63) is 53.8 Å². The van der Waals surface area contributed by atoms with Crippen molar-refractivity contribution in [2.75, 3.05) is 39.1 Å². The Hall–Kier alpha value is -3.20. The fourth-order valence-corrected chi connectivity index (χ4v) is 7.25. The first-order chi connectivity index (χ1) is 18.1. The second kappa shape index (κ2) is 10.5. The highest BCUT2D eigenvalue weighted by atomic mass is 19.1. The van der Waals surface area contributed by atoms with Crippen molar-refractivity contribution in [3.8, 4) is 5.88 Å². The molecule has 1 aromatic carbocycles. The Kier molecular flexibility index (Phi) is 7.31. The molecule has 9 heteroatoms. The van der Waals surface area contributed by atoms with E-state index in [0.717, 1.165) is 57.4 Å². The monoisotopic (exact) mass is 523 g/mol. The number of nitrogens with one attached hydrogen (secondary N) is 2. The predicted molar refractivity (Wildman–Crippen MR) is 144 cm³/mol. The number of carbonyl (C=O) groups is 2. The largest absolute Gasteiger partial charge is 0.414 e. The van der Waals surface area contributed by atoms with Crippen molar-refractivity contribution >= 4 is 17.8 Å². The van der Waals surface area contributed by atoms with Crippen molar-refractivity contribution in [2.45, 2.75) is 56.0 Å². The van der Waals surface area contributed by atoms with Gasteiger partial charge in [-0.05, 0) is 102 Å². The normalized spacial score (nSPS) is 27.3. The molecule has 1 heterocycles. The highest BCUT2D eigenvalue weighted by Gasteiger charge is 2.59. The molecule has 2 N–H and O–H groups in total. The number of benzene rings is 1. The highest BCUT2D eigenvalue weighted by Crippen LogP contribution is 2.57. The van der Waals surface area contributed by atoms with E-state index in [0.29, 0.717) is 23.8 Å². The summed E-state index contributed by atoms with van der Waals surface area (Å²) in [6.07, 6.45) is 5.75. The lowest BCUT2D eigenvalue weighted by molar-refractivity contribution is -0.0449. The van der Waals surface area contributed by atoms with E-state index in [9.17, 15) is 14.0 Å². The molecule has 2 aromatic rings. The Morgan fingerprint density at radius 1 is 1.00 bits per heavy atom. The first-order valence-corrected chi connectivity index (χ1v) is 13.5. The molecule has 8 nitrogen and oxygen atoms in total. The van der Waals surface area contributed by atoms with E-state index in [4.69, 9.17) is 4.74 Å². The molecular formula is C29H38FN5O3. The lowest BCUT2D eigenvalue weighted by Gasteiger charge is -2.62. The first-order valence-electron chi connectivity index (χ1n) is 13.5. The first kappa shape index (κ1) is 26.4. The Balaban J connectivity index is 1.24. The van der Waals surface area contributed by atoms with Crippen molar-refractivity contribution in [2.24, 2.45) is 11.8 Å². The minimum Gasteiger partial charge on any atom is -0.391 e. The minimum atomic E-state index is -0.515. The maximum atomic E-state index is 13.7. The number of pyridine rings is 1. The minimum absolute atomic E-state index is 0.262. The molecule has 0 radical (unpaired) electrons. The van der Waals surface area contributed by atoms with Crippen LogP contribution in [0.5, 0.6) is 5.88 Å². The zero-order valence-corrected chi connectivity index (χ0v) is 22.5. The Morgan fingerprint density at radius 2 is 1.68 bits per heavy atom. The number of carbonyl (C=O) groups excluding carboxylic acids is 2. The maximum Gasteiger partial charge on any atom is 0.414 e. The van der Waals surface area contributed by atoms with Crippen molar-refractivity contribution in [3.63, 3.8) is 0 Å². The van der Waals surface area contributed by atoms with Gasteiger partial charge in [0.1, 0.15) is 11.6 Å². The summed E-state index contributed by atoms with van der Waals surface area (Å²) in [6.45, 7) is 1.83. The molecule has 0 saturated heterocycles. The van der Waals surface area contributed by atoms with Gasteiger partial charge in [-0.25, -0.2) is 9.18 Å². The quantitative estimate of drug-likeness (QED) is 0.512. The van der Waals surface area contributed by atoms with E-state index in [2.05, 4.69) is 39.5 Å². The van der Waals surface area contributed by atoms with Gasteiger partial charge in [0.25, 0.3) is 5.91 Å². The van der Waals surface area contributed by atoms with Gasteiger partial charge < -0.3 is 25.2 Å². The number of ether oxygens (including phenoxy) is 1. The van der Waals surface area contributed by atoms with Crippen LogP contribution in [0.1, 0.15) is 55.3 Å². The van der Waals surface area contributed by atoms with Crippen LogP contribution in [-0.4, -0.2) is 67.2 Å². The summed E-state index contributed by atoms with van der Waals surface area (Å²) in [5.74, 6) is 1.16. The van der Waals surface area contributed by atoms with Gasteiger partial charge >= 0.3 is 6.09 Å². The van der Waals surface area contributed by atoms with E-state index in [-0.39, 0.29) is 11.8 Å². The number of hydrogen-bond acceptors (Lipinski definition) is 6. The molecular weight excluding hydrogens is 485 g/mol. The van der Waals surface area contributed by atoms with Gasteiger partial charge in [-0.3, -0.25) is 4.79 Å². The standard InChI is InChI=1S/C29H38FN5O3/c1-34(2)11-6-12-35(3)24-9-5-10-25(31-24)38-27(37)33-29-17-20-13-21(18-29)16-28(15-20,19-29)32-26(36)22-7-4-8-23(30)14-22/h4-5,7-10,14,20-21H,6,11-13,15-19H2,1-3H3,(H,32,36)(H,33,37). The summed E-state index contributed by atoms with van der Waals surface area (Å²) in [5.41, 5.74) is -0.523. The molecule has 4 fully saturated rings. The smallest absolute Gasteiger partial charge is 0.391 e. The summed E-state index contributed by atoms with van der Waals surface area (Å²) < 4.78 is 19.4. The second-order valence-corrected chi connectivity index (χ2v) is 11.9. The molecule has 2 amide bonds. The second-order valence-electron chi connectivity index (χ2n) is 11.9. The van der Waals surface area contributed by atoms with Crippen LogP contribution >= 0.6 is 0 Å². The molecule has 4 aliphatic rings. The molecule has 6 rings (SSSR count). The van der Waals surface area contributed by atoms with Crippen molar-refractivity contribution in [1.82, 2.24) is 20.5 Å². The number of anilines is 1. The molecule has 2 atom stereocenters. The third-order valence-electron chi connectivity index (χ3n) is 8.29. The number of aromatic nitrogens is 1. The van der Waals surface area contributed by atoms with Crippen LogP contribution < -0.4 is 20.3 Å². The van der Waals surface area contributed by atoms with Crippen LogP contribution in [-0.2, 0) is 0 Å². The lowest BCUT2D eigenvalue weighted by Crippen LogP contribution is -2.70. The summed E-state index contributed by atoms with van der Waals surface area (Å²) >= 11 is 0. The number of nitrogens with zero attached hydrogens (tertiary/aromatic N) is 3. The zero-order valence-electron chi connectivity index (χ0n) is 22.5. The van der Waals surface area contributed by atoms with E-state index in [1.165, 1.54) is 12.1 Å². The summed E-state index contributed by atoms with van der Waals surface area (Å²) in [5, 5.41) is 6.42. The number of rotatable bonds is 9. The summed E-state index contributed by atoms with van der Waals surface area (Å²) in [4.78, 5) is 34.9. The van der Waals surface area contributed by atoms with Gasteiger partial charge in [-0.15, -0.1) is 0 Å². The van der Waals surface area contributed by atoms with Crippen molar-refractivity contribution < 1.29 is 18.7 Å². The molecule has 0 spiro atoms. The van der Waals surface area contributed by atoms with E-state index >= 15 is 0 Å². The van der Waals surface area contributed by atoms with Crippen LogP contribution in [0.4, 0.5) is 15.0 Å². The van der Waals surface area contributed by atoms with Crippen LogP contribution in [0.3, 0.4) is 0 Å². The topological polar surface area (TPSA) is 86.8 Å². The average molecular weight is 524 g/mol. The molecule has 1 aromatic heterocycles. The van der Waals surface area contributed by atoms with Gasteiger partial charge in [0.2, 0.25) is 5.88 Å². The SMILES string of the molecule is CN(C)CCCN(C)c1cccc(OC(=O)NC23CC4CC(C2)CC(NC(=O)c2cccc(F)c2)(C4)C3)n1. The van der Waals surface area contributed by atoms with Crippen molar-refractivity contribution in [1.29, 1.82) is 0 Å². The third kappa shape index (κ3) is 5.93. The average Bonchev–Trinajstić information content (AvgIpc) is 2.82. The van der Waals surface area contributed by atoms with E-state index in [1.807, 2.05) is 19.2 Å². The fraction of sp³-hybridized carbons (Fsp3) is 0.552. The third-order valence-corrected chi connectivity index (χ3v) is 8.29. The zero-order chi connectivity index (χ0) is 26.9. The number of hydrogen-bond donors (Lipinski definition) is 2. The van der Waals surface area contributed by atoms with Gasteiger partial charge in [0.15, 0.2) is 0 Å². The highest BCUT2D eigenvalue weighted by molar-refractivity contribution is 5.94. The molecule has 204 valence electrons. The fourth-order valence-electron chi connectivity index (χ4n) is 7.25. The Labute approximate surface area is 223 Å². The van der Waals surface area contributed by atoms with Gasteiger partial charge in [0, 0.05) is 36.3 Å².